The van der Waals surface area contributed by atoms with Gasteiger partial charge in [0.2, 0.25) is 17.7 Å². The van der Waals surface area contributed by atoms with Crippen LogP contribution in [0.5, 0.6) is 0 Å². The van der Waals surface area contributed by atoms with Gasteiger partial charge in [-0.15, -0.1) is 0 Å². The molecule has 0 bridgehead atoms. The number of hydrogen-bond donors (Lipinski definition) is 1. The standard InChI is InChI=1S/C25H37N3O5/c1-5-7-8-14-27-15-10-12-25-19(18-21(30)26(4)13-9-11-24(18,3)33-25)22(31)28(17(6-2)16-29)20(25)23(27)32/h9-12,17-20,29H,5-8,13-16H2,1-4H3/t17-,18-,19-,20?,24+,25-/m0/s1. The van der Waals surface area contributed by atoms with Crippen molar-refractivity contribution in [1.29, 1.82) is 0 Å². The molecule has 4 aliphatic rings. The molecule has 2 fully saturated rings. The van der Waals surface area contributed by atoms with Crippen molar-refractivity contribution >= 4 is 17.7 Å². The average Bonchev–Trinajstić information content (AvgIpc) is 3.07. The van der Waals surface area contributed by atoms with E-state index in [9.17, 15) is 19.5 Å². The molecule has 6 atom stereocenters. The van der Waals surface area contributed by atoms with Crippen molar-refractivity contribution in [2.45, 2.75) is 69.7 Å². The summed E-state index contributed by atoms with van der Waals surface area (Å²) in [5, 5.41) is 10.1. The van der Waals surface area contributed by atoms with Gasteiger partial charge in [0.05, 0.1) is 30.1 Å². The van der Waals surface area contributed by atoms with E-state index >= 15 is 0 Å². The number of ether oxygens (including phenoxy) is 1. The third-order valence-electron chi connectivity index (χ3n) is 7.89. The Morgan fingerprint density at radius 2 is 1.79 bits per heavy atom. The normalized spacial score (nSPS) is 36.6. The summed E-state index contributed by atoms with van der Waals surface area (Å²) in [5.74, 6) is -2.15. The minimum Gasteiger partial charge on any atom is -0.394 e. The maximum atomic E-state index is 14.0. The fourth-order valence-corrected chi connectivity index (χ4v) is 6.19. The van der Waals surface area contributed by atoms with Gasteiger partial charge < -0.3 is 24.5 Å². The van der Waals surface area contributed by atoms with E-state index in [-0.39, 0.29) is 24.3 Å². The summed E-state index contributed by atoms with van der Waals surface area (Å²) in [6.45, 7) is 7.11. The van der Waals surface area contributed by atoms with Crippen LogP contribution in [0.1, 0.15) is 46.5 Å². The van der Waals surface area contributed by atoms with Crippen molar-refractivity contribution in [2.75, 3.05) is 33.3 Å². The topological polar surface area (TPSA) is 90.4 Å². The molecule has 4 heterocycles. The zero-order valence-corrected chi connectivity index (χ0v) is 20.2. The second kappa shape index (κ2) is 8.87. The predicted octanol–water partition coefficient (Wildman–Crippen LogP) is 1.35. The molecular weight excluding hydrogens is 422 g/mol. The molecule has 0 aliphatic carbocycles. The van der Waals surface area contributed by atoms with Crippen LogP contribution in [-0.2, 0) is 19.1 Å². The van der Waals surface area contributed by atoms with Crippen LogP contribution in [0, 0.1) is 11.8 Å². The molecule has 1 spiro atoms. The third kappa shape index (κ3) is 3.53. The van der Waals surface area contributed by atoms with Gasteiger partial charge in [-0.1, -0.05) is 51.0 Å². The number of carbonyl (C=O) groups excluding carboxylic acids is 3. The van der Waals surface area contributed by atoms with E-state index in [2.05, 4.69) is 6.92 Å². The van der Waals surface area contributed by atoms with Crippen molar-refractivity contribution in [3.63, 3.8) is 0 Å². The molecule has 182 valence electrons. The number of aliphatic hydroxyl groups is 1. The lowest BCUT2D eigenvalue weighted by Gasteiger charge is -2.40. The highest BCUT2D eigenvalue weighted by Gasteiger charge is 2.75. The zero-order chi connectivity index (χ0) is 24.0. The third-order valence-corrected chi connectivity index (χ3v) is 7.89. The lowest BCUT2D eigenvalue weighted by Crippen LogP contribution is -2.58. The fraction of sp³-hybridized carbons (Fsp3) is 0.720. The Kier molecular flexibility index (Phi) is 6.44. The molecule has 33 heavy (non-hydrogen) atoms. The first-order valence-corrected chi connectivity index (χ1v) is 12.3. The molecule has 8 heteroatoms. The van der Waals surface area contributed by atoms with E-state index in [1.54, 1.807) is 16.8 Å². The van der Waals surface area contributed by atoms with Crippen LogP contribution in [0.25, 0.3) is 0 Å². The first-order valence-electron chi connectivity index (χ1n) is 12.3. The molecule has 0 saturated carbocycles. The molecule has 0 aromatic rings. The van der Waals surface area contributed by atoms with Gasteiger partial charge in [-0.3, -0.25) is 14.4 Å². The van der Waals surface area contributed by atoms with Crippen LogP contribution < -0.4 is 0 Å². The number of rotatable bonds is 7. The molecule has 4 aliphatic heterocycles. The minimum atomic E-state index is -1.24. The van der Waals surface area contributed by atoms with Crippen molar-refractivity contribution in [2.24, 2.45) is 11.8 Å². The Morgan fingerprint density at radius 3 is 2.45 bits per heavy atom. The molecule has 2 saturated heterocycles. The number of amides is 3. The highest BCUT2D eigenvalue weighted by Crippen LogP contribution is 2.57. The summed E-state index contributed by atoms with van der Waals surface area (Å²) in [7, 11) is 1.73. The molecule has 0 aromatic heterocycles. The molecule has 8 nitrogen and oxygen atoms in total. The second-order valence-corrected chi connectivity index (χ2v) is 10.0. The molecule has 1 N–H and O–H groups in total. The molecule has 4 rings (SSSR count). The highest BCUT2D eigenvalue weighted by molar-refractivity contribution is 6.00. The summed E-state index contributed by atoms with van der Waals surface area (Å²) < 4.78 is 6.72. The van der Waals surface area contributed by atoms with E-state index in [0.717, 1.165) is 19.3 Å². The maximum absolute atomic E-state index is 14.0. The van der Waals surface area contributed by atoms with Crippen molar-refractivity contribution < 1.29 is 24.2 Å². The van der Waals surface area contributed by atoms with E-state index in [1.165, 1.54) is 4.90 Å². The van der Waals surface area contributed by atoms with Crippen molar-refractivity contribution in [3.05, 3.63) is 24.3 Å². The highest BCUT2D eigenvalue weighted by atomic mass is 16.5. The smallest absolute Gasteiger partial charge is 0.249 e. The Morgan fingerprint density at radius 1 is 1.06 bits per heavy atom. The lowest BCUT2D eigenvalue weighted by atomic mass is 9.74. The number of fused-ring (bicyclic) bond motifs is 2. The largest absolute Gasteiger partial charge is 0.394 e. The molecule has 3 amide bonds. The first kappa shape index (κ1) is 24.0. The summed E-state index contributed by atoms with van der Waals surface area (Å²) in [6.07, 6.45) is 11.0. The average molecular weight is 460 g/mol. The first-order chi connectivity index (χ1) is 15.8. The quantitative estimate of drug-likeness (QED) is 0.458. The number of likely N-dealkylation sites (tertiary alicyclic amines) is 1. The molecule has 0 aromatic carbocycles. The molecular formula is C25H37N3O5. The van der Waals surface area contributed by atoms with Crippen LogP contribution >= 0.6 is 0 Å². The Labute approximate surface area is 196 Å². The van der Waals surface area contributed by atoms with E-state index in [0.29, 0.717) is 26.1 Å². The summed E-state index contributed by atoms with van der Waals surface area (Å²) in [5.41, 5.74) is -2.23. The summed E-state index contributed by atoms with van der Waals surface area (Å²) in [6, 6.07) is -1.41. The van der Waals surface area contributed by atoms with Crippen LogP contribution in [0.4, 0.5) is 0 Å². The number of nitrogens with zero attached hydrogens (tertiary/aromatic N) is 3. The van der Waals surface area contributed by atoms with Crippen LogP contribution in [0.3, 0.4) is 0 Å². The van der Waals surface area contributed by atoms with Gasteiger partial charge in [0, 0.05) is 26.7 Å². The van der Waals surface area contributed by atoms with Gasteiger partial charge in [-0.25, -0.2) is 0 Å². The summed E-state index contributed by atoms with van der Waals surface area (Å²) in [4.78, 5) is 46.4. The maximum Gasteiger partial charge on any atom is 0.249 e. The number of unbranched alkanes of at least 4 members (excludes halogenated alkanes) is 2. The van der Waals surface area contributed by atoms with Gasteiger partial charge in [0.25, 0.3) is 0 Å². The Hall–Kier alpha value is -2.19. The van der Waals surface area contributed by atoms with Gasteiger partial charge in [0.1, 0.15) is 11.6 Å². The lowest BCUT2D eigenvalue weighted by molar-refractivity contribution is -0.155. The van der Waals surface area contributed by atoms with Gasteiger partial charge >= 0.3 is 0 Å². The minimum absolute atomic E-state index is 0.153. The van der Waals surface area contributed by atoms with E-state index in [4.69, 9.17) is 4.74 Å². The van der Waals surface area contributed by atoms with E-state index in [1.807, 2.05) is 38.2 Å². The SMILES string of the molecule is CCCCCN1CC=C[C@]23O[C@]4(C)C=CCN(C)C(=O)[C@@H]4[C@H]2C(=O)N([C@@H](CC)CO)C3C1=O. The second-order valence-electron chi connectivity index (χ2n) is 10.0. The fourth-order valence-electron chi connectivity index (χ4n) is 6.19. The van der Waals surface area contributed by atoms with Gasteiger partial charge in [-0.05, 0) is 19.8 Å². The number of aliphatic hydroxyl groups excluding tert-OH is 1. The van der Waals surface area contributed by atoms with E-state index < -0.39 is 35.1 Å². The van der Waals surface area contributed by atoms with Crippen molar-refractivity contribution in [3.8, 4) is 0 Å². The zero-order valence-electron chi connectivity index (χ0n) is 20.2. The molecule has 1 unspecified atom stereocenters. The molecule has 0 radical (unpaired) electrons. The van der Waals surface area contributed by atoms with Crippen LogP contribution in [0.2, 0.25) is 0 Å². The monoisotopic (exact) mass is 459 g/mol. The van der Waals surface area contributed by atoms with Gasteiger partial charge in [-0.2, -0.15) is 0 Å². The van der Waals surface area contributed by atoms with Crippen LogP contribution in [0.15, 0.2) is 24.3 Å². The van der Waals surface area contributed by atoms with Gasteiger partial charge in [0.15, 0.2) is 0 Å². The summed E-state index contributed by atoms with van der Waals surface area (Å²) >= 11 is 0. The van der Waals surface area contributed by atoms with Crippen LogP contribution in [-0.4, -0.2) is 94.1 Å². The van der Waals surface area contributed by atoms with Crippen molar-refractivity contribution in [1.82, 2.24) is 14.7 Å². The predicted molar refractivity (Wildman–Crippen MR) is 123 cm³/mol. The number of likely N-dealkylation sites (N-methyl/N-ethyl adjacent to an activating group) is 1. The number of carbonyl (C=O) groups is 3. The Balaban J connectivity index is 1.83. The number of hydrogen-bond acceptors (Lipinski definition) is 5. The Bertz CT molecular complexity index is 868.